The van der Waals surface area contributed by atoms with Crippen molar-refractivity contribution in [3.05, 3.63) is 65.7 Å². The van der Waals surface area contributed by atoms with Crippen LogP contribution in [0.5, 0.6) is 5.75 Å². The Morgan fingerprint density at radius 1 is 1.05 bits per heavy atom. The van der Waals surface area contributed by atoms with Crippen LogP contribution in [0.15, 0.2) is 54.6 Å². The number of ether oxygens (including phenoxy) is 1. The van der Waals surface area contributed by atoms with E-state index in [9.17, 15) is 4.79 Å². The van der Waals surface area contributed by atoms with Crippen LogP contribution >= 0.6 is 0 Å². The molecule has 0 unspecified atom stereocenters. The molecule has 2 rings (SSSR count). The molecular weight excluding hydrogens is 274 g/mol. The van der Waals surface area contributed by atoms with E-state index in [1.165, 1.54) is 11.1 Å². The summed E-state index contributed by atoms with van der Waals surface area (Å²) in [6, 6.07) is 18.4. The number of nitrogens with one attached hydrogen (secondary N) is 1. The van der Waals surface area contributed by atoms with E-state index in [0.29, 0.717) is 6.41 Å². The van der Waals surface area contributed by atoms with Gasteiger partial charge in [0.15, 0.2) is 0 Å². The molecule has 2 aromatic carbocycles. The second-order valence-corrected chi connectivity index (χ2v) is 4.54. The Morgan fingerprint density at radius 3 is 2.09 bits per heavy atom. The van der Waals surface area contributed by atoms with Gasteiger partial charge in [-0.2, -0.15) is 0 Å². The van der Waals surface area contributed by atoms with Crippen LogP contribution in [0.1, 0.15) is 25.0 Å². The van der Waals surface area contributed by atoms with E-state index in [-0.39, 0.29) is 0 Å². The SMILES string of the molecule is CCNC=O.CCc1cccc(OC)c1.Cc1ccccc1. The molecule has 0 aliphatic rings. The van der Waals surface area contributed by atoms with Crippen LogP contribution in [-0.4, -0.2) is 20.1 Å². The maximum Gasteiger partial charge on any atom is 0.207 e. The van der Waals surface area contributed by atoms with Gasteiger partial charge in [0.05, 0.1) is 7.11 Å². The second-order valence-electron chi connectivity index (χ2n) is 4.54. The minimum absolute atomic E-state index is 0.681. The van der Waals surface area contributed by atoms with Crippen LogP contribution in [-0.2, 0) is 11.2 Å². The third-order valence-electron chi connectivity index (χ3n) is 2.77. The lowest BCUT2D eigenvalue weighted by Crippen LogP contribution is -2.07. The fourth-order valence-corrected chi connectivity index (χ4v) is 1.51. The molecule has 1 amide bonds. The van der Waals surface area contributed by atoms with Crippen LogP contribution in [0.4, 0.5) is 0 Å². The predicted octanol–water partition coefficient (Wildman–Crippen LogP) is 4.00. The van der Waals surface area contributed by atoms with E-state index >= 15 is 0 Å². The van der Waals surface area contributed by atoms with Crippen molar-refractivity contribution in [2.75, 3.05) is 13.7 Å². The molecule has 0 saturated heterocycles. The van der Waals surface area contributed by atoms with Crippen LogP contribution in [0.3, 0.4) is 0 Å². The van der Waals surface area contributed by atoms with Gasteiger partial charge in [0.2, 0.25) is 6.41 Å². The summed E-state index contributed by atoms with van der Waals surface area (Å²) in [6.45, 7) is 6.81. The summed E-state index contributed by atoms with van der Waals surface area (Å²) in [5.74, 6) is 0.944. The van der Waals surface area contributed by atoms with Gasteiger partial charge in [-0.05, 0) is 38.0 Å². The summed E-state index contributed by atoms with van der Waals surface area (Å²) < 4.78 is 5.06. The number of benzene rings is 2. The van der Waals surface area contributed by atoms with Crippen LogP contribution in [0.25, 0.3) is 0 Å². The molecule has 0 atom stereocenters. The zero-order valence-electron chi connectivity index (χ0n) is 14.0. The average Bonchev–Trinajstić information content (AvgIpc) is 2.57. The number of hydrogen-bond acceptors (Lipinski definition) is 2. The Bertz CT molecular complexity index is 479. The van der Waals surface area contributed by atoms with Crippen LogP contribution in [0.2, 0.25) is 0 Å². The highest BCUT2D eigenvalue weighted by atomic mass is 16.5. The first-order valence-corrected chi connectivity index (χ1v) is 7.49. The van der Waals surface area contributed by atoms with Gasteiger partial charge in [-0.1, -0.05) is 55.0 Å². The highest BCUT2D eigenvalue weighted by molar-refractivity contribution is 5.45. The summed E-state index contributed by atoms with van der Waals surface area (Å²) >= 11 is 0. The number of aryl methyl sites for hydroxylation is 2. The quantitative estimate of drug-likeness (QED) is 0.867. The summed E-state index contributed by atoms with van der Waals surface area (Å²) in [7, 11) is 1.69. The Balaban J connectivity index is 0.000000322. The predicted molar refractivity (Wildman–Crippen MR) is 93.3 cm³/mol. The van der Waals surface area contributed by atoms with Crippen molar-refractivity contribution in [3.63, 3.8) is 0 Å². The van der Waals surface area contributed by atoms with Crippen molar-refractivity contribution in [2.24, 2.45) is 0 Å². The first-order valence-electron chi connectivity index (χ1n) is 7.49. The van der Waals surface area contributed by atoms with Crippen molar-refractivity contribution in [2.45, 2.75) is 27.2 Å². The summed E-state index contributed by atoms with van der Waals surface area (Å²) in [6.07, 6.45) is 1.75. The van der Waals surface area contributed by atoms with Crippen molar-refractivity contribution in [1.29, 1.82) is 0 Å². The van der Waals surface area contributed by atoms with Gasteiger partial charge < -0.3 is 10.1 Å². The van der Waals surface area contributed by atoms with Crippen molar-refractivity contribution in [3.8, 4) is 5.75 Å². The molecule has 0 spiro atoms. The second kappa shape index (κ2) is 13.7. The maximum absolute atomic E-state index is 9.29. The molecule has 0 aliphatic carbocycles. The molecule has 0 heterocycles. The molecular formula is C19H27NO2. The average molecular weight is 301 g/mol. The largest absolute Gasteiger partial charge is 0.497 e. The summed E-state index contributed by atoms with van der Waals surface area (Å²) in [5, 5.41) is 2.43. The molecule has 2 aromatic rings. The lowest BCUT2D eigenvalue weighted by Gasteiger charge is -2.00. The van der Waals surface area contributed by atoms with E-state index in [2.05, 4.69) is 43.4 Å². The Hall–Kier alpha value is -2.29. The van der Waals surface area contributed by atoms with Gasteiger partial charge in [-0.15, -0.1) is 0 Å². The van der Waals surface area contributed by atoms with E-state index in [4.69, 9.17) is 4.74 Å². The molecule has 22 heavy (non-hydrogen) atoms. The van der Waals surface area contributed by atoms with Gasteiger partial charge in [-0.3, -0.25) is 4.79 Å². The molecule has 120 valence electrons. The molecule has 0 bridgehead atoms. The van der Waals surface area contributed by atoms with Gasteiger partial charge in [0, 0.05) is 6.54 Å². The molecule has 0 radical (unpaired) electrons. The number of amides is 1. The summed E-state index contributed by atoms with van der Waals surface area (Å²) in [4.78, 5) is 9.29. The summed E-state index contributed by atoms with van der Waals surface area (Å²) in [5.41, 5.74) is 2.64. The number of hydrogen-bond donors (Lipinski definition) is 1. The third-order valence-corrected chi connectivity index (χ3v) is 2.77. The van der Waals surface area contributed by atoms with Crippen LogP contribution in [0, 0.1) is 6.92 Å². The number of rotatable bonds is 4. The lowest BCUT2D eigenvalue weighted by atomic mass is 10.2. The zero-order valence-corrected chi connectivity index (χ0v) is 14.0. The fraction of sp³-hybridized carbons (Fsp3) is 0.316. The monoisotopic (exact) mass is 301 g/mol. The lowest BCUT2D eigenvalue weighted by molar-refractivity contribution is -0.109. The molecule has 0 aliphatic heterocycles. The van der Waals surface area contributed by atoms with Gasteiger partial charge in [-0.25, -0.2) is 0 Å². The number of carbonyl (C=O) groups excluding carboxylic acids is 1. The van der Waals surface area contributed by atoms with Crippen molar-refractivity contribution >= 4 is 6.41 Å². The minimum atomic E-state index is 0.681. The highest BCUT2D eigenvalue weighted by Gasteiger charge is 1.90. The molecule has 3 heteroatoms. The van der Waals surface area contributed by atoms with E-state index in [0.717, 1.165) is 18.7 Å². The van der Waals surface area contributed by atoms with Crippen molar-refractivity contribution < 1.29 is 9.53 Å². The fourth-order valence-electron chi connectivity index (χ4n) is 1.51. The first kappa shape index (κ1) is 19.7. The van der Waals surface area contributed by atoms with Gasteiger partial charge in [0.1, 0.15) is 5.75 Å². The molecule has 0 fully saturated rings. The Morgan fingerprint density at radius 2 is 1.73 bits per heavy atom. The minimum Gasteiger partial charge on any atom is -0.497 e. The molecule has 0 saturated carbocycles. The molecule has 0 aromatic heterocycles. The van der Waals surface area contributed by atoms with E-state index in [1.54, 1.807) is 7.11 Å². The Labute approximate surface area is 134 Å². The zero-order chi connectivity index (χ0) is 16.6. The van der Waals surface area contributed by atoms with Gasteiger partial charge in [0.25, 0.3) is 0 Å². The highest BCUT2D eigenvalue weighted by Crippen LogP contribution is 2.12. The topological polar surface area (TPSA) is 38.3 Å². The number of carbonyl (C=O) groups is 1. The van der Waals surface area contributed by atoms with Gasteiger partial charge >= 0.3 is 0 Å². The van der Waals surface area contributed by atoms with E-state index in [1.807, 2.05) is 37.3 Å². The smallest absolute Gasteiger partial charge is 0.207 e. The maximum atomic E-state index is 9.29. The standard InChI is InChI=1S/C9H12O.C7H8.C3H7NO/c1-3-8-5-4-6-9(7-8)10-2;1-7-5-3-2-4-6-7;1-2-4-3-5/h4-7H,3H2,1-2H3;2-6H,1H3;3H,2H2,1H3,(H,4,5). The van der Waals surface area contributed by atoms with E-state index < -0.39 is 0 Å². The Kier molecular flexibility index (Phi) is 12.3. The van der Waals surface area contributed by atoms with Crippen LogP contribution < -0.4 is 10.1 Å². The third kappa shape index (κ3) is 10.5. The van der Waals surface area contributed by atoms with Crippen molar-refractivity contribution in [1.82, 2.24) is 5.32 Å². The molecule has 3 nitrogen and oxygen atoms in total. The first-order chi connectivity index (χ1) is 10.7. The normalized spacial score (nSPS) is 8.55. The number of methoxy groups -OCH3 is 1. The molecule has 1 N–H and O–H groups in total.